The SMILES string of the molecule is Cc1nc(OC[C@H]2CCCC[C@@H]2OS(C)(=O)=O)ccc1Br. The fourth-order valence-corrected chi connectivity index (χ4v) is 3.43. The van der Waals surface area contributed by atoms with Crippen molar-refractivity contribution in [3.8, 4) is 5.88 Å². The summed E-state index contributed by atoms with van der Waals surface area (Å²) >= 11 is 3.39. The first-order chi connectivity index (χ1) is 9.85. The van der Waals surface area contributed by atoms with Gasteiger partial charge in [-0.15, -0.1) is 0 Å². The van der Waals surface area contributed by atoms with Crippen LogP contribution in [0.3, 0.4) is 0 Å². The van der Waals surface area contributed by atoms with E-state index in [0.29, 0.717) is 12.5 Å². The zero-order chi connectivity index (χ0) is 15.5. The van der Waals surface area contributed by atoms with Gasteiger partial charge in [0.15, 0.2) is 0 Å². The van der Waals surface area contributed by atoms with Crippen molar-refractivity contribution in [1.82, 2.24) is 4.98 Å². The molecule has 2 rings (SSSR count). The molecule has 1 fully saturated rings. The van der Waals surface area contributed by atoms with Gasteiger partial charge in [-0.05, 0) is 41.8 Å². The topological polar surface area (TPSA) is 65.5 Å². The molecule has 1 aromatic rings. The number of halogens is 1. The molecule has 0 spiro atoms. The lowest BCUT2D eigenvalue weighted by Crippen LogP contribution is -2.33. The summed E-state index contributed by atoms with van der Waals surface area (Å²) in [6, 6.07) is 3.69. The van der Waals surface area contributed by atoms with Gasteiger partial charge in [0.2, 0.25) is 5.88 Å². The zero-order valence-electron chi connectivity index (χ0n) is 12.2. The van der Waals surface area contributed by atoms with Gasteiger partial charge < -0.3 is 4.74 Å². The molecule has 1 heterocycles. The van der Waals surface area contributed by atoms with E-state index in [4.69, 9.17) is 8.92 Å². The van der Waals surface area contributed by atoms with Gasteiger partial charge in [-0.25, -0.2) is 4.98 Å². The Morgan fingerprint density at radius 2 is 2.05 bits per heavy atom. The van der Waals surface area contributed by atoms with Crippen LogP contribution >= 0.6 is 15.9 Å². The van der Waals surface area contributed by atoms with Crippen molar-refractivity contribution in [2.24, 2.45) is 5.92 Å². The molecule has 2 atom stereocenters. The molecule has 0 unspecified atom stereocenters. The molecule has 1 saturated carbocycles. The summed E-state index contributed by atoms with van der Waals surface area (Å²) < 4.78 is 34.5. The van der Waals surface area contributed by atoms with Crippen LogP contribution in [0.5, 0.6) is 5.88 Å². The summed E-state index contributed by atoms with van der Waals surface area (Å²) in [5, 5.41) is 0. The van der Waals surface area contributed by atoms with Crippen molar-refractivity contribution in [3.05, 3.63) is 22.3 Å². The molecule has 0 amide bonds. The summed E-state index contributed by atoms with van der Waals surface area (Å²) in [6.07, 6.45) is 4.55. The summed E-state index contributed by atoms with van der Waals surface area (Å²) in [5.41, 5.74) is 0.861. The fourth-order valence-electron chi connectivity index (χ4n) is 2.51. The van der Waals surface area contributed by atoms with Crippen LogP contribution in [0.15, 0.2) is 16.6 Å². The third-order valence-corrected chi connectivity index (χ3v) is 5.01. The minimum atomic E-state index is -3.43. The van der Waals surface area contributed by atoms with E-state index >= 15 is 0 Å². The number of ether oxygens (including phenoxy) is 1. The summed E-state index contributed by atoms with van der Waals surface area (Å²) in [6.45, 7) is 2.32. The third kappa shape index (κ3) is 5.23. The number of aryl methyl sites for hydroxylation is 1. The van der Waals surface area contributed by atoms with E-state index in [2.05, 4.69) is 20.9 Å². The van der Waals surface area contributed by atoms with Crippen LogP contribution in [0.1, 0.15) is 31.4 Å². The lowest BCUT2D eigenvalue weighted by Gasteiger charge is -2.30. The van der Waals surface area contributed by atoms with Gasteiger partial charge in [-0.1, -0.05) is 12.8 Å². The Bertz CT molecular complexity index is 591. The van der Waals surface area contributed by atoms with Crippen LogP contribution in [0.4, 0.5) is 0 Å². The standard InChI is InChI=1S/C14H20BrNO4S/c1-10-12(15)7-8-14(16-10)19-9-11-5-3-4-6-13(11)20-21(2,17)18/h7-8,11,13H,3-6,9H2,1-2H3/t11-,13+/m1/s1. The van der Waals surface area contributed by atoms with Gasteiger partial charge in [0, 0.05) is 16.5 Å². The van der Waals surface area contributed by atoms with E-state index in [9.17, 15) is 8.42 Å². The normalized spacial score (nSPS) is 23.0. The first kappa shape index (κ1) is 16.7. The zero-order valence-corrected chi connectivity index (χ0v) is 14.6. The molecule has 1 aliphatic rings. The van der Waals surface area contributed by atoms with Gasteiger partial charge >= 0.3 is 0 Å². The van der Waals surface area contributed by atoms with E-state index in [-0.39, 0.29) is 12.0 Å². The molecule has 0 bridgehead atoms. The molecular weight excluding hydrogens is 358 g/mol. The van der Waals surface area contributed by atoms with Crippen LogP contribution < -0.4 is 4.74 Å². The monoisotopic (exact) mass is 377 g/mol. The Balaban J connectivity index is 1.97. The average Bonchev–Trinajstić information content (AvgIpc) is 2.40. The molecule has 1 aliphatic carbocycles. The van der Waals surface area contributed by atoms with Crippen molar-refractivity contribution in [2.45, 2.75) is 38.7 Å². The predicted octanol–water partition coefficient (Wildman–Crippen LogP) is 3.07. The van der Waals surface area contributed by atoms with Crippen LogP contribution in [-0.2, 0) is 14.3 Å². The Hall–Kier alpha value is -0.660. The van der Waals surface area contributed by atoms with Crippen LogP contribution in [-0.4, -0.2) is 32.4 Å². The maximum absolute atomic E-state index is 11.3. The van der Waals surface area contributed by atoms with E-state index in [1.54, 1.807) is 6.07 Å². The Morgan fingerprint density at radius 1 is 1.33 bits per heavy atom. The lowest BCUT2D eigenvalue weighted by molar-refractivity contribution is 0.0653. The van der Waals surface area contributed by atoms with Crippen LogP contribution in [0, 0.1) is 12.8 Å². The smallest absolute Gasteiger partial charge is 0.264 e. The van der Waals surface area contributed by atoms with Crippen LogP contribution in [0.25, 0.3) is 0 Å². The third-order valence-electron chi connectivity index (χ3n) is 3.58. The molecule has 0 saturated heterocycles. The van der Waals surface area contributed by atoms with Gasteiger partial charge in [0.05, 0.1) is 24.7 Å². The van der Waals surface area contributed by atoms with Gasteiger partial charge in [-0.2, -0.15) is 8.42 Å². The molecular formula is C14H20BrNO4S. The first-order valence-electron chi connectivity index (χ1n) is 6.99. The second kappa shape index (κ2) is 7.07. The first-order valence-corrected chi connectivity index (χ1v) is 9.60. The Morgan fingerprint density at radius 3 is 2.71 bits per heavy atom. The number of pyridine rings is 1. The van der Waals surface area contributed by atoms with Crippen molar-refractivity contribution >= 4 is 26.0 Å². The van der Waals surface area contributed by atoms with Gasteiger partial charge in [-0.3, -0.25) is 4.18 Å². The second-order valence-corrected chi connectivity index (χ2v) is 7.87. The number of aromatic nitrogens is 1. The van der Waals surface area contributed by atoms with Gasteiger partial charge in [0.25, 0.3) is 10.1 Å². The largest absolute Gasteiger partial charge is 0.477 e. The van der Waals surface area contributed by atoms with Crippen molar-refractivity contribution in [2.75, 3.05) is 12.9 Å². The highest BCUT2D eigenvalue weighted by Crippen LogP contribution is 2.28. The maximum atomic E-state index is 11.3. The molecule has 0 radical (unpaired) electrons. The highest BCUT2D eigenvalue weighted by molar-refractivity contribution is 9.10. The number of nitrogens with zero attached hydrogens (tertiary/aromatic N) is 1. The highest BCUT2D eigenvalue weighted by Gasteiger charge is 2.29. The summed E-state index contributed by atoms with van der Waals surface area (Å²) in [4.78, 5) is 4.33. The maximum Gasteiger partial charge on any atom is 0.264 e. The fraction of sp³-hybridized carbons (Fsp3) is 0.643. The van der Waals surface area contributed by atoms with Crippen molar-refractivity contribution in [1.29, 1.82) is 0 Å². The van der Waals surface area contributed by atoms with E-state index < -0.39 is 10.1 Å². The molecule has 5 nitrogen and oxygen atoms in total. The molecule has 1 aromatic heterocycles. The minimum Gasteiger partial charge on any atom is -0.477 e. The predicted molar refractivity (Wildman–Crippen MR) is 83.8 cm³/mol. The molecule has 0 aromatic carbocycles. The minimum absolute atomic E-state index is 0.0826. The Kier molecular flexibility index (Phi) is 5.62. The number of hydrogen-bond acceptors (Lipinski definition) is 5. The molecule has 118 valence electrons. The number of hydrogen-bond donors (Lipinski definition) is 0. The van der Waals surface area contributed by atoms with E-state index in [0.717, 1.165) is 42.1 Å². The van der Waals surface area contributed by atoms with Crippen molar-refractivity contribution < 1.29 is 17.3 Å². The van der Waals surface area contributed by atoms with E-state index in [1.165, 1.54) is 0 Å². The Labute approximate surface area is 134 Å². The second-order valence-electron chi connectivity index (χ2n) is 5.41. The quantitative estimate of drug-likeness (QED) is 0.737. The highest BCUT2D eigenvalue weighted by atomic mass is 79.9. The lowest BCUT2D eigenvalue weighted by atomic mass is 9.87. The van der Waals surface area contributed by atoms with Gasteiger partial charge in [0.1, 0.15) is 0 Å². The number of rotatable bonds is 5. The molecule has 7 heteroatoms. The molecule has 0 N–H and O–H groups in total. The van der Waals surface area contributed by atoms with Crippen LogP contribution in [0.2, 0.25) is 0 Å². The molecule has 21 heavy (non-hydrogen) atoms. The van der Waals surface area contributed by atoms with Crippen molar-refractivity contribution in [3.63, 3.8) is 0 Å². The van der Waals surface area contributed by atoms with E-state index in [1.807, 2.05) is 13.0 Å². The summed E-state index contributed by atoms with van der Waals surface area (Å²) in [5.74, 6) is 0.638. The summed E-state index contributed by atoms with van der Waals surface area (Å²) in [7, 11) is -3.43. The molecule has 0 aliphatic heterocycles. The average molecular weight is 378 g/mol.